The van der Waals surface area contributed by atoms with E-state index in [-0.39, 0.29) is 0 Å². The summed E-state index contributed by atoms with van der Waals surface area (Å²) in [6.07, 6.45) is 0. The first-order valence-corrected chi connectivity index (χ1v) is 21.7. The van der Waals surface area contributed by atoms with Crippen LogP contribution in [0.5, 0.6) is 0 Å². The van der Waals surface area contributed by atoms with Gasteiger partial charge in [0.25, 0.3) is 0 Å². The molecule has 0 aliphatic rings. The minimum Gasteiger partial charge on any atom is -0.309 e. The Morgan fingerprint density at radius 3 is 1.39 bits per heavy atom. The molecule has 0 atom stereocenters. The summed E-state index contributed by atoms with van der Waals surface area (Å²) in [5.74, 6) is 0. The van der Waals surface area contributed by atoms with Gasteiger partial charge in [0.15, 0.2) is 8.07 Å². The van der Waals surface area contributed by atoms with E-state index in [9.17, 15) is 0 Å². The summed E-state index contributed by atoms with van der Waals surface area (Å²) in [6.45, 7) is 0. The lowest BCUT2D eigenvalue weighted by Gasteiger charge is -2.35. The Balaban J connectivity index is 1.32. The highest BCUT2D eigenvalue weighted by molar-refractivity contribution is 7.20. The number of aromatic nitrogens is 2. The highest BCUT2D eigenvalue weighted by Gasteiger charge is 2.43. The molecule has 0 aliphatic carbocycles. The van der Waals surface area contributed by atoms with Gasteiger partial charge in [0.1, 0.15) is 0 Å². The monoisotopic (exact) mass is 742 g/mol. The number of hydrogen-bond acceptors (Lipinski definition) is 0. The Bertz CT molecular complexity index is 3110. The van der Waals surface area contributed by atoms with Gasteiger partial charge in [0.2, 0.25) is 0 Å². The molecule has 0 radical (unpaired) electrons. The number of rotatable bonds is 7. The normalized spacial score (nSPS) is 11.9. The van der Waals surface area contributed by atoms with Crippen molar-refractivity contribution in [3.8, 4) is 22.5 Å². The Morgan fingerprint density at radius 2 is 0.789 bits per heavy atom. The summed E-state index contributed by atoms with van der Waals surface area (Å²) in [4.78, 5) is 0. The molecule has 11 aromatic rings. The number of benzene rings is 9. The third-order valence-corrected chi connectivity index (χ3v) is 16.7. The predicted molar refractivity (Wildman–Crippen MR) is 244 cm³/mol. The first-order chi connectivity index (χ1) is 28.3. The molecule has 0 saturated heterocycles. The van der Waals surface area contributed by atoms with Gasteiger partial charge in [-0.15, -0.1) is 0 Å². The first kappa shape index (κ1) is 33.2. The molecule has 0 saturated carbocycles. The lowest BCUT2D eigenvalue weighted by atomic mass is 9.99. The molecule has 11 rings (SSSR count). The van der Waals surface area contributed by atoms with E-state index in [1.165, 1.54) is 75.5 Å². The second kappa shape index (κ2) is 13.5. The maximum atomic E-state index is 2.54. The summed E-state index contributed by atoms with van der Waals surface area (Å²) in [7, 11) is -2.88. The lowest BCUT2D eigenvalue weighted by molar-refractivity contribution is 1.16. The summed E-state index contributed by atoms with van der Waals surface area (Å²) >= 11 is 0. The number of fused-ring (bicyclic) bond motifs is 6. The van der Waals surface area contributed by atoms with Gasteiger partial charge in [0.05, 0.1) is 27.8 Å². The van der Waals surface area contributed by atoms with Crippen LogP contribution in [-0.4, -0.2) is 17.2 Å². The Morgan fingerprint density at radius 1 is 0.316 bits per heavy atom. The summed E-state index contributed by atoms with van der Waals surface area (Å²) in [6, 6.07) is 85.2. The van der Waals surface area contributed by atoms with Crippen molar-refractivity contribution >= 4 is 72.4 Å². The predicted octanol–water partition coefficient (Wildman–Crippen LogP) is 10.9. The molecule has 9 aromatic carbocycles. The molecule has 0 spiro atoms. The second-order valence-corrected chi connectivity index (χ2v) is 18.6. The van der Waals surface area contributed by atoms with Gasteiger partial charge in [-0.25, -0.2) is 0 Å². The maximum absolute atomic E-state index is 2.88. The van der Waals surface area contributed by atoms with Crippen LogP contribution in [0.4, 0.5) is 0 Å². The summed E-state index contributed by atoms with van der Waals surface area (Å²) < 4.78 is 5.01. The molecular formula is C54H38N2Si. The Hall–Kier alpha value is -7.20. The number of hydrogen-bond donors (Lipinski definition) is 0. The van der Waals surface area contributed by atoms with Gasteiger partial charge in [-0.2, -0.15) is 0 Å². The highest BCUT2D eigenvalue weighted by Crippen LogP contribution is 2.43. The van der Waals surface area contributed by atoms with Gasteiger partial charge in [-0.3, -0.25) is 0 Å². The van der Waals surface area contributed by atoms with Crippen LogP contribution in [0.3, 0.4) is 0 Å². The van der Waals surface area contributed by atoms with Crippen molar-refractivity contribution in [2.75, 3.05) is 0 Å². The molecule has 0 fully saturated rings. The largest absolute Gasteiger partial charge is 0.309 e. The van der Waals surface area contributed by atoms with Crippen molar-refractivity contribution in [2.45, 2.75) is 0 Å². The van der Waals surface area contributed by atoms with E-state index in [1.54, 1.807) is 0 Å². The average Bonchev–Trinajstić information content (AvgIpc) is 3.81. The molecule has 0 N–H and O–H groups in total. The van der Waals surface area contributed by atoms with Crippen LogP contribution < -0.4 is 20.7 Å². The average molecular weight is 743 g/mol. The lowest BCUT2D eigenvalue weighted by Crippen LogP contribution is -2.74. The van der Waals surface area contributed by atoms with Crippen molar-refractivity contribution in [3.05, 3.63) is 231 Å². The Kier molecular flexibility index (Phi) is 7.87. The fourth-order valence-corrected chi connectivity index (χ4v) is 14.6. The van der Waals surface area contributed by atoms with Crippen molar-refractivity contribution in [1.29, 1.82) is 0 Å². The van der Waals surface area contributed by atoms with E-state index in [1.807, 2.05) is 0 Å². The summed E-state index contributed by atoms with van der Waals surface area (Å²) in [5.41, 5.74) is 9.48. The fraction of sp³-hybridized carbons (Fsp3) is 0. The van der Waals surface area contributed by atoms with Crippen LogP contribution in [0.1, 0.15) is 0 Å². The van der Waals surface area contributed by atoms with Gasteiger partial charge in [-0.1, -0.05) is 194 Å². The van der Waals surface area contributed by atoms with Crippen LogP contribution >= 0.6 is 0 Å². The first-order valence-electron chi connectivity index (χ1n) is 19.7. The van der Waals surface area contributed by atoms with Gasteiger partial charge in [-0.05, 0) is 62.7 Å². The number of para-hydroxylation sites is 3. The molecule has 0 amide bonds. The van der Waals surface area contributed by atoms with Crippen LogP contribution in [0.25, 0.3) is 66.1 Å². The standard InChI is InChI=1S/C54H38N2Si/c1-6-21-39(22-7-1)52-50(38-37-45-44-31-16-18-33-47(44)55(54(45)52)40-23-8-2-9-24-40)56-48-34-19-17-32-46(48)53-49(56)35-20-36-51(53)57(41-25-10-3-11-26-41,42-27-12-4-13-28-42)43-29-14-5-15-30-43/h1-38H. The molecule has 2 heterocycles. The van der Waals surface area contributed by atoms with Gasteiger partial charge in [0, 0.05) is 32.8 Å². The van der Waals surface area contributed by atoms with Crippen LogP contribution in [-0.2, 0) is 0 Å². The van der Waals surface area contributed by atoms with E-state index in [4.69, 9.17) is 0 Å². The minimum absolute atomic E-state index is 1.15. The topological polar surface area (TPSA) is 9.86 Å². The molecule has 2 nitrogen and oxygen atoms in total. The highest BCUT2D eigenvalue weighted by atomic mass is 28.3. The van der Waals surface area contributed by atoms with Crippen LogP contribution in [0.2, 0.25) is 0 Å². The molecule has 57 heavy (non-hydrogen) atoms. The van der Waals surface area contributed by atoms with Crippen molar-refractivity contribution in [1.82, 2.24) is 9.13 Å². The quantitative estimate of drug-likeness (QED) is 0.114. The van der Waals surface area contributed by atoms with E-state index < -0.39 is 8.07 Å². The van der Waals surface area contributed by atoms with E-state index >= 15 is 0 Å². The smallest absolute Gasteiger partial charge is 0.180 e. The third kappa shape index (κ3) is 5.03. The van der Waals surface area contributed by atoms with Crippen LogP contribution in [0, 0.1) is 0 Å². The van der Waals surface area contributed by atoms with Gasteiger partial charge >= 0.3 is 0 Å². The molecule has 2 aromatic heterocycles. The minimum atomic E-state index is -2.88. The summed E-state index contributed by atoms with van der Waals surface area (Å²) in [5, 5.41) is 10.5. The zero-order chi connectivity index (χ0) is 37.8. The van der Waals surface area contributed by atoms with E-state index in [2.05, 4.69) is 240 Å². The van der Waals surface area contributed by atoms with Crippen molar-refractivity contribution in [2.24, 2.45) is 0 Å². The fourth-order valence-electron chi connectivity index (χ4n) is 9.59. The van der Waals surface area contributed by atoms with Crippen molar-refractivity contribution in [3.63, 3.8) is 0 Å². The van der Waals surface area contributed by atoms with Gasteiger partial charge < -0.3 is 9.13 Å². The molecule has 0 aliphatic heterocycles. The molecule has 0 unspecified atom stereocenters. The van der Waals surface area contributed by atoms with E-state index in [0.717, 1.165) is 11.4 Å². The third-order valence-electron chi connectivity index (χ3n) is 11.9. The zero-order valence-corrected chi connectivity index (χ0v) is 32.3. The van der Waals surface area contributed by atoms with Crippen LogP contribution in [0.15, 0.2) is 231 Å². The number of nitrogens with zero attached hydrogens (tertiary/aromatic N) is 2. The SMILES string of the molecule is c1ccc(-c2c(-n3c4ccccc4c4c([Si](c5ccccc5)(c5ccccc5)c5ccccc5)cccc43)ccc3c4ccccc4n(-c4ccccc4)c23)cc1. The zero-order valence-electron chi connectivity index (χ0n) is 31.3. The molecule has 0 bridgehead atoms. The molecular weight excluding hydrogens is 705 g/mol. The van der Waals surface area contributed by atoms with Crippen molar-refractivity contribution < 1.29 is 0 Å². The van der Waals surface area contributed by atoms with E-state index in [0.29, 0.717) is 0 Å². The maximum Gasteiger partial charge on any atom is 0.180 e. The molecule has 3 heteroatoms. The molecule has 268 valence electrons. The Labute approximate surface area is 333 Å². The second-order valence-electron chi connectivity index (χ2n) is 14.8.